The summed E-state index contributed by atoms with van der Waals surface area (Å²) in [6, 6.07) is 14.4. The van der Waals surface area contributed by atoms with Gasteiger partial charge in [-0.1, -0.05) is 18.2 Å². The Hall–Kier alpha value is -3.51. The van der Waals surface area contributed by atoms with Gasteiger partial charge in [-0.2, -0.15) is 13.2 Å². The zero-order valence-corrected chi connectivity index (χ0v) is 22.0. The lowest BCUT2D eigenvalue weighted by atomic mass is 10.1. The average molecular weight is 565 g/mol. The quantitative estimate of drug-likeness (QED) is 0.384. The van der Waals surface area contributed by atoms with Crippen LogP contribution in [0.3, 0.4) is 0 Å². The normalized spacial score (nSPS) is 16.3. The van der Waals surface area contributed by atoms with Gasteiger partial charge in [-0.3, -0.25) is 19.0 Å². The van der Waals surface area contributed by atoms with Crippen LogP contribution in [-0.2, 0) is 29.3 Å². The van der Waals surface area contributed by atoms with E-state index in [-0.39, 0.29) is 30.5 Å². The summed E-state index contributed by atoms with van der Waals surface area (Å²) in [5.41, 5.74) is 1.01. The molecule has 1 aliphatic rings. The molecule has 0 radical (unpaired) electrons. The van der Waals surface area contributed by atoms with E-state index >= 15 is 0 Å². The van der Waals surface area contributed by atoms with Gasteiger partial charge in [0.25, 0.3) is 5.91 Å². The number of hydrogen-bond acceptors (Lipinski definition) is 5. The summed E-state index contributed by atoms with van der Waals surface area (Å²) in [5, 5.41) is 2.62. The Bertz CT molecular complexity index is 1380. The highest BCUT2D eigenvalue weighted by Crippen LogP contribution is 2.28. The van der Waals surface area contributed by atoms with Crippen molar-refractivity contribution in [1.82, 2.24) is 15.2 Å². The number of aromatic nitrogens is 1. The van der Waals surface area contributed by atoms with Crippen LogP contribution >= 0.6 is 0 Å². The molecule has 1 aliphatic heterocycles. The first-order valence-corrected chi connectivity index (χ1v) is 14.1. The van der Waals surface area contributed by atoms with Gasteiger partial charge in [0.05, 0.1) is 11.9 Å². The first-order chi connectivity index (χ1) is 18.4. The summed E-state index contributed by atoms with van der Waals surface area (Å²) < 4.78 is 78.0. The first-order valence-electron chi connectivity index (χ1n) is 12.3. The monoisotopic (exact) mass is 564 g/mol. The minimum absolute atomic E-state index is 0.0211. The summed E-state index contributed by atoms with van der Waals surface area (Å²) >= 11 is 0. The maximum Gasteiger partial charge on any atom is 0.433 e. The van der Waals surface area contributed by atoms with Crippen LogP contribution in [0.1, 0.15) is 40.0 Å². The molecule has 3 aromatic rings. The molecule has 1 saturated heterocycles. The Morgan fingerprint density at radius 3 is 2.31 bits per heavy atom. The third-order valence-corrected chi connectivity index (χ3v) is 7.72. The number of pyridine rings is 1. The zero-order chi connectivity index (χ0) is 28.2. The van der Waals surface area contributed by atoms with Crippen molar-refractivity contribution in [2.45, 2.75) is 38.1 Å². The van der Waals surface area contributed by atoms with E-state index in [2.05, 4.69) is 15.2 Å². The molecule has 1 atom stereocenters. The van der Waals surface area contributed by atoms with E-state index in [1.165, 1.54) is 34.6 Å². The predicted octanol–water partition coefficient (Wildman–Crippen LogP) is 4.60. The van der Waals surface area contributed by atoms with Gasteiger partial charge < -0.3 is 5.32 Å². The molecule has 12 heteroatoms. The molecule has 4 rings (SSSR count). The molecule has 1 amide bonds. The predicted molar refractivity (Wildman–Crippen MR) is 139 cm³/mol. The Balaban J connectivity index is 1.40. The molecule has 7 nitrogen and oxygen atoms in total. The lowest BCUT2D eigenvalue weighted by molar-refractivity contribution is -0.141. The summed E-state index contributed by atoms with van der Waals surface area (Å²) in [4.78, 5) is 18.1. The Morgan fingerprint density at radius 2 is 1.72 bits per heavy atom. The second-order valence-corrected chi connectivity index (χ2v) is 11.4. The summed E-state index contributed by atoms with van der Waals surface area (Å²) in [7, 11) is -3.63. The van der Waals surface area contributed by atoms with Crippen molar-refractivity contribution in [3.63, 3.8) is 0 Å². The van der Waals surface area contributed by atoms with E-state index in [9.17, 15) is 30.8 Å². The third kappa shape index (κ3) is 7.54. The first kappa shape index (κ1) is 28.5. The van der Waals surface area contributed by atoms with E-state index < -0.39 is 27.8 Å². The minimum atomic E-state index is -4.54. The Labute approximate surface area is 224 Å². The molecule has 1 unspecified atom stereocenters. The van der Waals surface area contributed by atoms with E-state index in [0.717, 1.165) is 43.5 Å². The van der Waals surface area contributed by atoms with Crippen molar-refractivity contribution in [3.8, 4) is 0 Å². The maximum atomic E-state index is 13.3. The van der Waals surface area contributed by atoms with Crippen LogP contribution < -0.4 is 9.62 Å². The van der Waals surface area contributed by atoms with Gasteiger partial charge >= 0.3 is 6.18 Å². The molecule has 0 spiro atoms. The molecule has 0 saturated carbocycles. The van der Waals surface area contributed by atoms with Crippen molar-refractivity contribution in [3.05, 3.63) is 95.1 Å². The van der Waals surface area contributed by atoms with E-state index in [4.69, 9.17) is 0 Å². The average Bonchev–Trinajstić information content (AvgIpc) is 3.33. The molecule has 2 aromatic carbocycles. The zero-order valence-electron chi connectivity index (χ0n) is 21.2. The molecule has 2 heterocycles. The second kappa shape index (κ2) is 11.7. The molecule has 1 N–H and O–H groups in total. The molecule has 0 aliphatic carbocycles. The van der Waals surface area contributed by atoms with Gasteiger partial charge in [0.1, 0.15) is 11.5 Å². The number of rotatable bonds is 9. The molecule has 39 heavy (non-hydrogen) atoms. The number of sulfonamides is 1. The smallest absolute Gasteiger partial charge is 0.348 e. The fourth-order valence-electron chi connectivity index (χ4n) is 4.52. The Morgan fingerprint density at radius 1 is 1.05 bits per heavy atom. The van der Waals surface area contributed by atoms with E-state index in [1.54, 1.807) is 24.3 Å². The van der Waals surface area contributed by atoms with Gasteiger partial charge in [0.2, 0.25) is 10.0 Å². The highest BCUT2D eigenvalue weighted by atomic mass is 32.2. The number of benzene rings is 2. The van der Waals surface area contributed by atoms with Crippen LogP contribution in [0.15, 0.2) is 66.9 Å². The van der Waals surface area contributed by atoms with Gasteiger partial charge in [-0.05, 0) is 73.0 Å². The number of nitrogens with one attached hydrogen (secondary N) is 1. The number of likely N-dealkylation sites (tertiary alicyclic amines) is 1. The number of carbonyl (C=O) groups excluding carboxylic acids is 1. The number of nitrogens with zero attached hydrogens (tertiary/aromatic N) is 3. The largest absolute Gasteiger partial charge is 0.433 e. The van der Waals surface area contributed by atoms with Crippen LogP contribution in [-0.4, -0.2) is 49.6 Å². The van der Waals surface area contributed by atoms with Crippen molar-refractivity contribution >= 4 is 21.6 Å². The highest BCUT2D eigenvalue weighted by Gasteiger charge is 2.32. The third-order valence-electron chi connectivity index (χ3n) is 6.56. The Kier molecular flexibility index (Phi) is 8.55. The van der Waals surface area contributed by atoms with E-state index in [0.29, 0.717) is 17.8 Å². The maximum absolute atomic E-state index is 13.3. The summed E-state index contributed by atoms with van der Waals surface area (Å²) in [6.45, 7) is 1.59. The summed E-state index contributed by atoms with van der Waals surface area (Å²) in [5.74, 6) is -0.776. The second-order valence-electron chi connectivity index (χ2n) is 9.47. The number of amides is 1. The van der Waals surface area contributed by atoms with Crippen molar-refractivity contribution < 1.29 is 30.8 Å². The molecular formula is C27H28F4N4O3S. The topological polar surface area (TPSA) is 82.6 Å². The van der Waals surface area contributed by atoms with Crippen LogP contribution in [0.5, 0.6) is 0 Å². The van der Waals surface area contributed by atoms with Gasteiger partial charge in [0.15, 0.2) is 0 Å². The van der Waals surface area contributed by atoms with Gasteiger partial charge in [-0.15, -0.1) is 0 Å². The molecule has 1 aromatic heterocycles. The van der Waals surface area contributed by atoms with Crippen molar-refractivity contribution in [1.29, 1.82) is 0 Å². The number of hydrogen-bond donors (Lipinski definition) is 1. The standard InChI is InChI=1S/C27H28F4N4O3S/c1-39(37,38)35(18-24-3-2-14-34(24)17-19-4-9-22(28)10-5-19)23-11-7-21(8-12-23)26(36)33-16-20-6-13-25(32-15-20)27(29,30)31/h4-13,15,24H,2-3,14,16-18H2,1H3,(H,33,36). The van der Waals surface area contributed by atoms with Crippen LogP contribution in [0.25, 0.3) is 0 Å². The number of anilines is 1. The van der Waals surface area contributed by atoms with Crippen molar-refractivity contribution in [2.75, 3.05) is 23.7 Å². The number of carbonyl (C=O) groups is 1. The van der Waals surface area contributed by atoms with Gasteiger partial charge in [0, 0.05) is 37.4 Å². The number of alkyl halides is 3. The van der Waals surface area contributed by atoms with Crippen LogP contribution in [0.4, 0.5) is 23.2 Å². The molecule has 0 bridgehead atoms. The van der Waals surface area contributed by atoms with Crippen LogP contribution in [0, 0.1) is 5.82 Å². The lowest BCUT2D eigenvalue weighted by Gasteiger charge is -2.31. The van der Waals surface area contributed by atoms with Crippen molar-refractivity contribution in [2.24, 2.45) is 0 Å². The molecule has 1 fully saturated rings. The fourth-order valence-corrected chi connectivity index (χ4v) is 5.47. The fraction of sp³-hybridized carbons (Fsp3) is 0.333. The highest BCUT2D eigenvalue weighted by molar-refractivity contribution is 7.92. The SMILES string of the molecule is CS(=O)(=O)N(CC1CCCN1Cc1ccc(F)cc1)c1ccc(C(=O)NCc2ccc(C(F)(F)F)nc2)cc1. The van der Waals surface area contributed by atoms with Gasteiger partial charge in [-0.25, -0.2) is 12.8 Å². The molecule has 208 valence electrons. The van der Waals surface area contributed by atoms with Crippen LogP contribution in [0.2, 0.25) is 0 Å². The molecular weight excluding hydrogens is 536 g/mol. The lowest BCUT2D eigenvalue weighted by Crippen LogP contribution is -2.42. The number of halogens is 4. The van der Waals surface area contributed by atoms with E-state index in [1.807, 2.05) is 0 Å². The minimum Gasteiger partial charge on any atom is -0.348 e. The summed E-state index contributed by atoms with van der Waals surface area (Å²) in [6.07, 6.45) is -0.630.